The second kappa shape index (κ2) is 7.63. The van der Waals surface area contributed by atoms with Gasteiger partial charge in [0.25, 0.3) is 0 Å². The van der Waals surface area contributed by atoms with Crippen LogP contribution in [0.15, 0.2) is 84.9 Å². The van der Waals surface area contributed by atoms with Crippen molar-refractivity contribution < 1.29 is 9.53 Å². The summed E-state index contributed by atoms with van der Waals surface area (Å²) in [4.78, 5) is 12.6. The van der Waals surface area contributed by atoms with Crippen LogP contribution in [0.5, 0.6) is 0 Å². The van der Waals surface area contributed by atoms with Gasteiger partial charge < -0.3 is 0 Å². The molecule has 0 saturated carbocycles. The van der Waals surface area contributed by atoms with Crippen LogP contribution >= 0.6 is 7.26 Å². The van der Waals surface area contributed by atoms with Crippen LogP contribution in [-0.2, 0) is 4.74 Å². The van der Waals surface area contributed by atoms with Crippen molar-refractivity contribution in [1.29, 1.82) is 0 Å². The maximum absolute atomic E-state index is 12.6. The van der Waals surface area contributed by atoms with Crippen LogP contribution in [0, 0.1) is 0 Å². The molecule has 0 radical (unpaired) electrons. The van der Waals surface area contributed by atoms with E-state index in [1.807, 2.05) is 37.3 Å². The van der Waals surface area contributed by atoms with Crippen LogP contribution in [0.1, 0.15) is 17.3 Å². The zero-order valence-electron chi connectivity index (χ0n) is 14.6. The van der Waals surface area contributed by atoms with E-state index in [-0.39, 0.29) is 5.97 Å². The summed E-state index contributed by atoms with van der Waals surface area (Å²) < 4.78 is 5.32. The number of rotatable bonds is 5. The molecule has 3 aromatic carbocycles. The number of benzene rings is 3. The van der Waals surface area contributed by atoms with Gasteiger partial charge in [-0.15, -0.1) is 0 Å². The molecule has 3 rings (SSSR count). The van der Waals surface area contributed by atoms with E-state index in [1.54, 1.807) is 0 Å². The van der Waals surface area contributed by atoms with Gasteiger partial charge in [0.1, 0.15) is 0 Å². The van der Waals surface area contributed by atoms with Gasteiger partial charge >= 0.3 is 149 Å². The maximum atomic E-state index is 12.6. The molecule has 0 aliphatic heterocycles. The molecule has 0 atom stereocenters. The summed E-state index contributed by atoms with van der Waals surface area (Å²) in [6.07, 6.45) is 0. The van der Waals surface area contributed by atoms with Crippen molar-refractivity contribution in [2.45, 2.75) is 6.92 Å². The van der Waals surface area contributed by atoms with Gasteiger partial charge in [0.15, 0.2) is 0 Å². The molecule has 0 bridgehead atoms. The van der Waals surface area contributed by atoms with Gasteiger partial charge in [-0.25, -0.2) is 0 Å². The number of carbonyl (C=O) groups excluding carboxylic acids is 1. The molecule has 3 aromatic rings. The van der Waals surface area contributed by atoms with Crippen molar-refractivity contribution in [3.63, 3.8) is 0 Å². The molecule has 2 nitrogen and oxygen atoms in total. The topological polar surface area (TPSA) is 26.3 Å². The number of ether oxygens (including phenoxy) is 1. The third kappa shape index (κ3) is 3.36. The van der Waals surface area contributed by atoms with Gasteiger partial charge in [-0.1, -0.05) is 0 Å². The molecule has 25 heavy (non-hydrogen) atoms. The molecule has 3 heteroatoms. The number of hydrogen-bond donors (Lipinski definition) is 0. The zero-order valence-corrected chi connectivity index (χ0v) is 15.6. The second-order valence-electron chi connectivity index (χ2n) is 6.12. The van der Waals surface area contributed by atoms with Crippen LogP contribution in [0.3, 0.4) is 0 Å². The van der Waals surface area contributed by atoms with Crippen LogP contribution in [0.2, 0.25) is 0 Å². The third-order valence-corrected chi connectivity index (χ3v) is 9.15. The molecular weight excluding hydrogens is 327 g/mol. The first kappa shape index (κ1) is 17.4. The van der Waals surface area contributed by atoms with E-state index in [9.17, 15) is 4.79 Å². The van der Waals surface area contributed by atoms with Crippen molar-refractivity contribution in [3.05, 3.63) is 90.5 Å². The Morgan fingerprint density at radius 3 is 1.80 bits per heavy atom. The second-order valence-corrected chi connectivity index (χ2v) is 10.1. The molecule has 0 fully saturated rings. The zero-order chi connectivity index (χ0) is 17.7. The van der Waals surface area contributed by atoms with E-state index in [0.717, 1.165) is 5.30 Å². The van der Waals surface area contributed by atoms with Gasteiger partial charge in [0, 0.05) is 0 Å². The Balaban J connectivity index is 2.26. The molecule has 0 N–H and O–H groups in total. The molecule has 128 valence electrons. The van der Waals surface area contributed by atoms with E-state index >= 15 is 0 Å². The Labute approximate surface area is 149 Å². The first-order valence-corrected chi connectivity index (χ1v) is 11.1. The summed E-state index contributed by atoms with van der Waals surface area (Å²) in [6.45, 7) is 4.52. The summed E-state index contributed by atoms with van der Waals surface area (Å²) in [5, 5.41) is 3.64. The summed E-state index contributed by atoms with van der Waals surface area (Å²) in [5.74, 6) is -0.247. The standard InChI is InChI=1S/C22H23O2P/c1-3-24-22(23)20-16-10-11-17-21(20)25(2,18-12-6-4-7-13-18)19-14-8-5-9-15-19/h4-17,25H,3H2,1-2H3. The average Bonchev–Trinajstić information content (AvgIpc) is 2.69. The monoisotopic (exact) mass is 350 g/mol. The van der Waals surface area contributed by atoms with Crippen LogP contribution in [0.25, 0.3) is 0 Å². The predicted molar refractivity (Wildman–Crippen MR) is 108 cm³/mol. The average molecular weight is 350 g/mol. The van der Waals surface area contributed by atoms with E-state index in [1.165, 1.54) is 10.6 Å². The van der Waals surface area contributed by atoms with Crippen molar-refractivity contribution in [3.8, 4) is 0 Å². The van der Waals surface area contributed by atoms with E-state index in [0.29, 0.717) is 12.2 Å². The molecule has 0 amide bonds. The van der Waals surface area contributed by atoms with E-state index < -0.39 is 7.26 Å². The first-order valence-electron chi connectivity index (χ1n) is 8.55. The molecular formula is C22H23O2P. The molecule has 0 heterocycles. The number of esters is 1. The quantitative estimate of drug-likeness (QED) is 0.520. The molecule has 0 saturated heterocycles. The Morgan fingerprint density at radius 2 is 1.28 bits per heavy atom. The Kier molecular flexibility index (Phi) is 5.31. The first-order chi connectivity index (χ1) is 12.2. The third-order valence-electron chi connectivity index (χ3n) is 4.66. The van der Waals surface area contributed by atoms with E-state index in [2.05, 4.69) is 61.3 Å². The molecule has 0 aliphatic carbocycles. The number of hydrogen-bond acceptors (Lipinski definition) is 2. The Hall–Kier alpha value is -2.44. The molecule has 0 aliphatic rings. The van der Waals surface area contributed by atoms with Gasteiger partial charge in [-0.2, -0.15) is 0 Å². The molecule has 0 aromatic heterocycles. The number of carbonyl (C=O) groups is 1. The van der Waals surface area contributed by atoms with Crippen molar-refractivity contribution in [1.82, 2.24) is 0 Å². The van der Waals surface area contributed by atoms with Gasteiger partial charge in [-0.3, -0.25) is 0 Å². The summed E-state index contributed by atoms with van der Waals surface area (Å²) in [7, 11) is -2.31. The van der Waals surface area contributed by atoms with Crippen LogP contribution < -0.4 is 15.9 Å². The van der Waals surface area contributed by atoms with Gasteiger partial charge in [-0.05, 0) is 0 Å². The predicted octanol–water partition coefficient (Wildman–Crippen LogP) is 3.52. The fraction of sp³-hybridized carbons (Fsp3) is 0.136. The Bertz CT molecular complexity index is 805. The minimum atomic E-state index is -2.31. The fourth-order valence-electron chi connectivity index (χ4n) is 3.33. The summed E-state index contributed by atoms with van der Waals surface area (Å²) in [6, 6.07) is 28.9. The van der Waals surface area contributed by atoms with E-state index in [4.69, 9.17) is 4.74 Å². The molecule has 0 spiro atoms. The van der Waals surface area contributed by atoms with Crippen LogP contribution in [-0.4, -0.2) is 19.2 Å². The SMILES string of the molecule is CCOC(=O)c1ccccc1[PH](C)(c1ccccc1)c1ccccc1. The normalized spacial score (nSPS) is 11.8. The van der Waals surface area contributed by atoms with Crippen molar-refractivity contribution in [2.75, 3.05) is 13.3 Å². The van der Waals surface area contributed by atoms with Gasteiger partial charge in [0.2, 0.25) is 0 Å². The summed E-state index contributed by atoms with van der Waals surface area (Å²) >= 11 is 0. The summed E-state index contributed by atoms with van der Waals surface area (Å²) in [5.41, 5.74) is 0.672. The minimum absolute atomic E-state index is 0.247. The van der Waals surface area contributed by atoms with Crippen molar-refractivity contribution >= 4 is 29.1 Å². The van der Waals surface area contributed by atoms with Crippen LogP contribution in [0.4, 0.5) is 0 Å². The molecule has 0 unspecified atom stereocenters. The van der Waals surface area contributed by atoms with Crippen molar-refractivity contribution in [2.24, 2.45) is 0 Å². The fourth-order valence-corrected chi connectivity index (χ4v) is 7.15. The Morgan fingerprint density at radius 1 is 0.800 bits per heavy atom. The van der Waals surface area contributed by atoms with Gasteiger partial charge in [0.05, 0.1) is 0 Å².